The molecule has 0 aromatic heterocycles. The Labute approximate surface area is 114 Å². The highest BCUT2D eigenvalue weighted by molar-refractivity contribution is 5.76. The van der Waals surface area contributed by atoms with Crippen LogP contribution in [0.4, 0.5) is 0 Å². The van der Waals surface area contributed by atoms with E-state index in [0.717, 1.165) is 11.3 Å². The Morgan fingerprint density at radius 2 is 2.21 bits per heavy atom. The minimum Gasteiger partial charge on any atom is -0.496 e. The monoisotopic (exact) mass is 260 g/mol. The highest BCUT2D eigenvalue weighted by Gasteiger charge is 2.08. The minimum absolute atomic E-state index is 0.114. The molecule has 102 valence electrons. The number of nitriles is 1. The molecule has 0 fully saturated rings. The third-order valence-electron chi connectivity index (χ3n) is 2.92. The van der Waals surface area contributed by atoms with Crippen LogP contribution in [0.25, 0.3) is 0 Å². The Morgan fingerprint density at radius 1 is 1.47 bits per heavy atom. The molecule has 4 heteroatoms. The van der Waals surface area contributed by atoms with Crippen molar-refractivity contribution in [2.45, 2.75) is 39.2 Å². The summed E-state index contributed by atoms with van der Waals surface area (Å²) in [5, 5.41) is 11.2. The van der Waals surface area contributed by atoms with E-state index in [2.05, 4.69) is 19.2 Å². The number of nitrogens with one attached hydrogen (secondary N) is 1. The number of rotatable bonds is 6. The summed E-state index contributed by atoms with van der Waals surface area (Å²) in [6.07, 6.45) is 0.484. The van der Waals surface area contributed by atoms with Gasteiger partial charge in [0, 0.05) is 24.9 Å². The third kappa shape index (κ3) is 4.63. The zero-order valence-corrected chi connectivity index (χ0v) is 11.7. The highest BCUT2D eigenvalue weighted by Crippen LogP contribution is 2.24. The van der Waals surface area contributed by atoms with Gasteiger partial charge in [-0.1, -0.05) is 26.0 Å². The molecule has 4 nitrogen and oxygen atoms in total. The smallest absolute Gasteiger partial charge is 0.221 e. The molecule has 1 rings (SSSR count). The molecule has 1 aromatic carbocycles. The van der Waals surface area contributed by atoms with Crippen molar-refractivity contribution in [3.8, 4) is 11.8 Å². The zero-order valence-electron chi connectivity index (χ0n) is 11.7. The van der Waals surface area contributed by atoms with Crippen molar-refractivity contribution in [2.24, 2.45) is 0 Å². The van der Waals surface area contributed by atoms with E-state index in [-0.39, 0.29) is 18.7 Å². The lowest BCUT2D eigenvalue weighted by Gasteiger charge is -2.13. The summed E-state index contributed by atoms with van der Waals surface area (Å²) in [7, 11) is 1.63. The SMILES string of the molecule is COc1cc(C(C)C)ccc1CNC(=O)CCC#N. The van der Waals surface area contributed by atoms with Gasteiger partial charge in [-0.25, -0.2) is 0 Å². The van der Waals surface area contributed by atoms with Gasteiger partial charge in [0.25, 0.3) is 0 Å². The lowest BCUT2D eigenvalue weighted by atomic mass is 10.0. The van der Waals surface area contributed by atoms with Gasteiger partial charge in [-0.3, -0.25) is 4.79 Å². The van der Waals surface area contributed by atoms with Crippen molar-refractivity contribution in [3.05, 3.63) is 29.3 Å². The zero-order chi connectivity index (χ0) is 14.3. The number of benzene rings is 1. The fourth-order valence-corrected chi connectivity index (χ4v) is 1.72. The molecule has 0 saturated carbocycles. The van der Waals surface area contributed by atoms with Crippen LogP contribution in [0.15, 0.2) is 18.2 Å². The number of nitrogens with zero attached hydrogens (tertiary/aromatic N) is 1. The van der Waals surface area contributed by atoms with E-state index in [0.29, 0.717) is 12.5 Å². The van der Waals surface area contributed by atoms with Crippen molar-refractivity contribution >= 4 is 5.91 Å². The molecule has 1 amide bonds. The molecule has 0 aliphatic carbocycles. The minimum atomic E-state index is -0.114. The van der Waals surface area contributed by atoms with Crippen LogP contribution in [-0.2, 0) is 11.3 Å². The molecule has 0 aliphatic rings. The third-order valence-corrected chi connectivity index (χ3v) is 2.92. The van der Waals surface area contributed by atoms with E-state index in [1.54, 1.807) is 7.11 Å². The molecule has 0 bridgehead atoms. The molecule has 0 saturated heterocycles. The lowest BCUT2D eigenvalue weighted by molar-refractivity contribution is -0.121. The number of carbonyl (C=O) groups excluding carboxylic acids is 1. The Balaban J connectivity index is 2.68. The van der Waals surface area contributed by atoms with Crippen LogP contribution < -0.4 is 10.1 Å². The summed E-state index contributed by atoms with van der Waals surface area (Å²) >= 11 is 0. The second-order valence-electron chi connectivity index (χ2n) is 4.66. The Bertz CT molecular complexity index is 476. The molecular weight excluding hydrogens is 240 g/mol. The second-order valence-corrected chi connectivity index (χ2v) is 4.66. The van der Waals surface area contributed by atoms with Crippen molar-refractivity contribution in [1.29, 1.82) is 5.26 Å². The van der Waals surface area contributed by atoms with Gasteiger partial charge in [0.2, 0.25) is 5.91 Å². The number of hydrogen-bond acceptors (Lipinski definition) is 3. The lowest BCUT2D eigenvalue weighted by Crippen LogP contribution is -2.22. The molecule has 0 spiro atoms. The topological polar surface area (TPSA) is 62.1 Å². The number of ether oxygens (including phenoxy) is 1. The number of amides is 1. The van der Waals surface area contributed by atoms with E-state index < -0.39 is 0 Å². The summed E-state index contributed by atoms with van der Waals surface area (Å²) in [5.41, 5.74) is 2.15. The molecule has 0 radical (unpaired) electrons. The van der Waals surface area contributed by atoms with Crippen LogP contribution in [0.5, 0.6) is 5.75 Å². The predicted octanol–water partition coefficient (Wildman–Crippen LogP) is 2.74. The van der Waals surface area contributed by atoms with E-state index in [4.69, 9.17) is 10.00 Å². The molecule has 1 N–H and O–H groups in total. The van der Waals surface area contributed by atoms with Crippen LogP contribution in [-0.4, -0.2) is 13.0 Å². The van der Waals surface area contributed by atoms with E-state index in [1.807, 2.05) is 24.3 Å². The first-order valence-electron chi connectivity index (χ1n) is 6.39. The van der Waals surface area contributed by atoms with Gasteiger partial charge in [0.1, 0.15) is 5.75 Å². The fraction of sp³-hybridized carbons (Fsp3) is 0.467. The van der Waals surface area contributed by atoms with Crippen molar-refractivity contribution in [2.75, 3.05) is 7.11 Å². The Kier molecular flexibility index (Phi) is 5.87. The molecule has 19 heavy (non-hydrogen) atoms. The predicted molar refractivity (Wildman–Crippen MR) is 73.8 cm³/mol. The van der Waals surface area contributed by atoms with E-state index >= 15 is 0 Å². The Hall–Kier alpha value is -2.02. The quantitative estimate of drug-likeness (QED) is 0.855. The maximum atomic E-state index is 11.4. The van der Waals surface area contributed by atoms with Crippen LogP contribution in [0.1, 0.15) is 43.7 Å². The number of methoxy groups -OCH3 is 1. The molecule has 0 aliphatic heterocycles. The summed E-state index contributed by atoms with van der Waals surface area (Å²) in [6, 6.07) is 7.97. The first-order valence-corrected chi connectivity index (χ1v) is 6.39. The molecule has 0 heterocycles. The average molecular weight is 260 g/mol. The standard InChI is InChI=1S/C15H20N2O2/c1-11(2)12-6-7-13(14(9-12)19-3)10-17-15(18)5-4-8-16/h6-7,9,11H,4-5,10H2,1-3H3,(H,17,18). The van der Waals surface area contributed by atoms with Gasteiger partial charge in [0.15, 0.2) is 0 Å². The molecule has 0 atom stereocenters. The van der Waals surface area contributed by atoms with Crippen LogP contribution >= 0.6 is 0 Å². The summed E-state index contributed by atoms with van der Waals surface area (Å²) in [5.74, 6) is 1.11. The van der Waals surface area contributed by atoms with Crippen LogP contribution in [0.2, 0.25) is 0 Å². The maximum absolute atomic E-state index is 11.4. The Morgan fingerprint density at radius 3 is 2.79 bits per heavy atom. The number of carbonyl (C=O) groups is 1. The summed E-state index contributed by atoms with van der Waals surface area (Å²) in [6.45, 7) is 4.67. The van der Waals surface area contributed by atoms with Gasteiger partial charge < -0.3 is 10.1 Å². The van der Waals surface area contributed by atoms with Crippen LogP contribution in [0, 0.1) is 11.3 Å². The normalized spacial score (nSPS) is 10.1. The second kappa shape index (κ2) is 7.42. The van der Waals surface area contributed by atoms with Crippen molar-refractivity contribution in [3.63, 3.8) is 0 Å². The van der Waals surface area contributed by atoms with Crippen molar-refractivity contribution in [1.82, 2.24) is 5.32 Å². The van der Waals surface area contributed by atoms with Crippen molar-refractivity contribution < 1.29 is 9.53 Å². The highest BCUT2D eigenvalue weighted by atomic mass is 16.5. The summed E-state index contributed by atoms with van der Waals surface area (Å²) in [4.78, 5) is 11.4. The molecular formula is C15H20N2O2. The van der Waals surface area contributed by atoms with Gasteiger partial charge in [-0.05, 0) is 17.5 Å². The fourth-order valence-electron chi connectivity index (χ4n) is 1.72. The molecule has 1 aromatic rings. The van der Waals surface area contributed by atoms with Crippen LogP contribution in [0.3, 0.4) is 0 Å². The average Bonchev–Trinajstić information content (AvgIpc) is 2.42. The first kappa shape index (κ1) is 15.0. The first-order chi connectivity index (χ1) is 9.08. The number of hydrogen-bond donors (Lipinski definition) is 1. The summed E-state index contributed by atoms with van der Waals surface area (Å²) < 4.78 is 5.35. The molecule has 0 unspecified atom stereocenters. The largest absolute Gasteiger partial charge is 0.496 e. The maximum Gasteiger partial charge on any atom is 0.221 e. The van der Waals surface area contributed by atoms with Gasteiger partial charge in [-0.15, -0.1) is 0 Å². The van der Waals surface area contributed by atoms with Gasteiger partial charge in [-0.2, -0.15) is 5.26 Å². The van der Waals surface area contributed by atoms with E-state index in [1.165, 1.54) is 5.56 Å². The van der Waals surface area contributed by atoms with Gasteiger partial charge >= 0.3 is 0 Å². The van der Waals surface area contributed by atoms with E-state index in [9.17, 15) is 4.79 Å². The van der Waals surface area contributed by atoms with Gasteiger partial charge in [0.05, 0.1) is 13.2 Å².